The second kappa shape index (κ2) is 6.50. The van der Waals surface area contributed by atoms with Gasteiger partial charge < -0.3 is 5.32 Å². The number of aryl methyl sites for hydroxylation is 1. The van der Waals surface area contributed by atoms with Crippen molar-refractivity contribution in [3.63, 3.8) is 0 Å². The molecule has 96 valence electrons. The van der Waals surface area contributed by atoms with Gasteiger partial charge in [0.1, 0.15) is 0 Å². The van der Waals surface area contributed by atoms with Gasteiger partial charge in [-0.2, -0.15) is 0 Å². The van der Waals surface area contributed by atoms with Gasteiger partial charge in [-0.05, 0) is 53.3 Å². The van der Waals surface area contributed by atoms with Crippen molar-refractivity contribution in [1.29, 1.82) is 0 Å². The molecule has 0 aliphatic heterocycles. The van der Waals surface area contributed by atoms with Crippen LogP contribution in [0.4, 0.5) is 0 Å². The van der Waals surface area contributed by atoms with Crippen molar-refractivity contribution in [2.45, 2.75) is 19.3 Å². The molecule has 3 heteroatoms. The Morgan fingerprint density at radius 3 is 2.78 bits per heavy atom. The Bertz CT molecular complexity index is 507. The minimum Gasteiger partial charge on any atom is -0.319 e. The van der Waals surface area contributed by atoms with Crippen molar-refractivity contribution in [1.82, 2.24) is 5.32 Å². The molecule has 1 aromatic heterocycles. The lowest BCUT2D eigenvalue weighted by molar-refractivity contribution is 0.629. The van der Waals surface area contributed by atoms with Gasteiger partial charge in [0, 0.05) is 21.8 Å². The summed E-state index contributed by atoms with van der Waals surface area (Å²) < 4.78 is 1.24. The maximum atomic E-state index is 3.62. The Balaban J connectivity index is 2.20. The van der Waals surface area contributed by atoms with E-state index in [4.69, 9.17) is 0 Å². The fourth-order valence-corrected chi connectivity index (χ4v) is 3.77. The summed E-state index contributed by atoms with van der Waals surface area (Å²) in [6.45, 7) is 3.16. The molecule has 1 nitrogen and oxygen atoms in total. The Hall–Kier alpha value is -0.640. The molecule has 0 saturated carbocycles. The highest BCUT2D eigenvalue weighted by atomic mass is 79.9. The number of hydrogen-bond acceptors (Lipinski definition) is 2. The van der Waals surface area contributed by atoms with Crippen molar-refractivity contribution in [2.24, 2.45) is 0 Å². The summed E-state index contributed by atoms with van der Waals surface area (Å²) in [5.41, 5.74) is 2.75. The Kier molecular flexibility index (Phi) is 4.98. The number of halogens is 1. The first-order valence-electron chi connectivity index (χ1n) is 6.13. The van der Waals surface area contributed by atoms with Gasteiger partial charge in [-0.3, -0.25) is 0 Å². The van der Waals surface area contributed by atoms with E-state index in [2.05, 4.69) is 63.9 Å². The van der Waals surface area contributed by atoms with Gasteiger partial charge >= 0.3 is 0 Å². The lowest BCUT2D eigenvalue weighted by Gasteiger charge is -2.17. The average Bonchev–Trinajstić information content (AvgIpc) is 2.74. The molecule has 1 aromatic carbocycles. The van der Waals surface area contributed by atoms with Crippen LogP contribution in [0.2, 0.25) is 0 Å². The lowest BCUT2D eigenvalue weighted by Crippen LogP contribution is -2.19. The highest BCUT2D eigenvalue weighted by Gasteiger charge is 2.14. The van der Waals surface area contributed by atoms with Crippen molar-refractivity contribution in [2.75, 3.05) is 13.6 Å². The van der Waals surface area contributed by atoms with Gasteiger partial charge in [0.2, 0.25) is 0 Å². The van der Waals surface area contributed by atoms with Crippen molar-refractivity contribution in [3.05, 3.63) is 56.2 Å². The summed E-state index contributed by atoms with van der Waals surface area (Å²) in [7, 11) is 2.02. The van der Waals surface area contributed by atoms with Crippen molar-refractivity contribution < 1.29 is 0 Å². The summed E-state index contributed by atoms with van der Waals surface area (Å²) in [6.07, 6.45) is 1.09. The second-order valence-corrected chi connectivity index (χ2v) is 6.42. The SMILES string of the molecule is CNCC(Cc1sccc1Br)c1cccc(C)c1. The Labute approximate surface area is 121 Å². The van der Waals surface area contributed by atoms with Gasteiger partial charge in [0.05, 0.1) is 0 Å². The van der Waals surface area contributed by atoms with E-state index in [1.807, 2.05) is 18.4 Å². The lowest BCUT2D eigenvalue weighted by atomic mass is 9.94. The van der Waals surface area contributed by atoms with Crippen LogP contribution in [-0.4, -0.2) is 13.6 Å². The minimum absolute atomic E-state index is 0.532. The molecule has 18 heavy (non-hydrogen) atoms. The van der Waals surface area contributed by atoms with Crippen LogP contribution in [0.5, 0.6) is 0 Å². The number of benzene rings is 1. The van der Waals surface area contributed by atoms with Crippen molar-refractivity contribution in [3.8, 4) is 0 Å². The normalized spacial score (nSPS) is 12.6. The Morgan fingerprint density at radius 2 is 2.17 bits per heavy atom. The fraction of sp³-hybridized carbons (Fsp3) is 0.333. The maximum absolute atomic E-state index is 3.62. The standard InChI is InChI=1S/C15H18BrNS/c1-11-4-3-5-12(8-11)13(10-17-2)9-15-14(16)6-7-18-15/h3-8,13,17H,9-10H2,1-2H3. The van der Waals surface area contributed by atoms with Crippen LogP contribution >= 0.6 is 27.3 Å². The topological polar surface area (TPSA) is 12.0 Å². The monoisotopic (exact) mass is 323 g/mol. The summed E-state index contributed by atoms with van der Waals surface area (Å²) in [5, 5.41) is 5.45. The molecule has 2 aromatic rings. The minimum atomic E-state index is 0.532. The number of nitrogens with one attached hydrogen (secondary N) is 1. The number of thiophene rings is 1. The van der Waals surface area contributed by atoms with Crippen LogP contribution in [0.1, 0.15) is 21.9 Å². The molecule has 2 rings (SSSR count). The van der Waals surface area contributed by atoms with Crippen molar-refractivity contribution >= 4 is 27.3 Å². The zero-order chi connectivity index (χ0) is 13.0. The van der Waals surface area contributed by atoms with E-state index in [0.29, 0.717) is 5.92 Å². The van der Waals surface area contributed by atoms with Crippen LogP contribution in [0.15, 0.2) is 40.2 Å². The fourth-order valence-electron chi connectivity index (χ4n) is 2.17. The third-order valence-electron chi connectivity index (χ3n) is 3.09. The quantitative estimate of drug-likeness (QED) is 0.861. The molecule has 0 fully saturated rings. The summed E-state index contributed by atoms with van der Waals surface area (Å²) >= 11 is 5.45. The molecule has 0 bridgehead atoms. The number of rotatable bonds is 5. The van der Waals surface area contributed by atoms with E-state index in [9.17, 15) is 0 Å². The molecule has 1 unspecified atom stereocenters. The molecule has 0 amide bonds. The number of hydrogen-bond donors (Lipinski definition) is 1. The van der Waals surface area contributed by atoms with E-state index >= 15 is 0 Å². The zero-order valence-corrected chi connectivity index (χ0v) is 13.1. The first kappa shape index (κ1) is 13.8. The third kappa shape index (κ3) is 3.44. The maximum Gasteiger partial charge on any atom is 0.0314 e. The molecule has 0 spiro atoms. The smallest absolute Gasteiger partial charge is 0.0314 e. The summed E-state index contributed by atoms with van der Waals surface area (Å²) in [6, 6.07) is 11.0. The van der Waals surface area contributed by atoms with Crippen LogP contribution < -0.4 is 5.32 Å². The van der Waals surface area contributed by atoms with E-state index < -0.39 is 0 Å². The highest BCUT2D eigenvalue weighted by Crippen LogP contribution is 2.29. The van der Waals surface area contributed by atoms with E-state index in [0.717, 1.165) is 13.0 Å². The van der Waals surface area contributed by atoms with Gasteiger partial charge in [-0.25, -0.2) is 0 Å². The van der Waals surface area contributed by atoms with Crippen LogP contribution in [-0.2, 0) is 6.42 Å². The molecule has 0 aliphatic rings. The molecule has 0 radical (unpaired) electrons. The van der Waals surface area contributed by atoms with Crippen LogP contribution in [0.3, 0.4) is 0 Å². The highest BCUT2D eigenvalue weighted by molar-refractivity contribution is 9.10. The summed E-state index contributed by atoms with van der Waals surface area (Å²) in [4.78, 5) is 1.43. The zero-order valence-electron chi connectivity index (χ0n) is 10.7. The van der Waals surface area contributed by atoms with E-state index in [1.165, 1.54) is 20.5 Å². The Morgan fingerprint density at radius 1 is 1.33 bits per heavy atom. The van der Waals surface area contributed by atoms with Crippen LogP contribution in [0.25, 0.3) is 0 Å². The second-order valence-electron chi connectivity index (χ2n) is 4.56. The molecular weight excluding hydrogens is 306 g/mol. The predicted octanol–water partition coefficient (Wildman–Crippen LogP) is 4.36. The number of likely N-dealkylation sites (N-methyl/N-ethyl adjacent to an activating group) is 1. The van der Waals surface area contributed by atoms with E-state index in [-0.39, 0.29) is 0 Å². The molecule has 1 heterocycles. The molecular formula is C15H18BrNS. The van der Waals surface area contributed by atoms with Gasteiger partial charge in [-0.1, -0.05) is 29.8 Å². The molecule has 1 N–H and O–H groups in total. The largest absolute Gasteiger partial charge is 0.319 e. The third-order valence-corrected chi connectivity index (χ3v) is 5.04. The molecule has 0 aliphatic carbocycles. The summed E-state index contributed by atoms with van der Waals surface area (Å²) in [5.74, 6) is 0.532. The first-order chi connectivity index (χ1) is 8.70. The molecule has 0 saturated heterocycles. The predicted molar refractivity (Wildman–Crippen MR) is 83.6 cm³/mol. The van der Waals surface area contributed by atoms with E-state index in [1.54, 1.807) is 0 Å². The van der Waals surface area contributed by atoms with Crippen LogP contribution in [0, 0.1) is 6.92 Å². The van der Waals surface area contributed by atoms with Gasteiger partial charge in [0.25, 0.3) is 0 Å². The van der Waals surface area contributed by atoms with Gasteiger partial charge in [-0.15, -0.1) is 11.3 Å². The van der Waals surface area contributed by atoms with Gasteiger partial charge in [0.15, 0.2) is 0 Å². The average molecular weight is 324 g/mol. The first-order valence-corrected chi connectivity index (χ1v) is 7.81. The molecule has 1 atom stereocenters.